The topological polar surface area (TPSA) is 83.4 Å². The molecule has 1 aromatic rings. The molecule has 2 heterocycles. The van der Waals surface area contributed by atoms with Gasteiger partial charge < -0.3 is 20.3 Å². The monoisotopic (exact) mass is 293 g/mol. The maximum Gasteiger partial charge on any atom is 0.326 e. The van der Waals surface area contributed by atoms with Crippen LogP contribution in [0, 0.1) is 0 Å². The number of carbonyl (C=O) groups is 2. The van der Waals surface area contributed by atoms with Crippen LogP contribution in [0.5, 0.6) is 0 Å². The third kappa shape index (κ3) is 3.85. The summed E-state index contributed by atoms with van der Waals surface area (Å²) < 4.78 is 1.97. The minimum atomic E-state index is -0.981. The highest BCUT2D eigenvalue weighted by atomic mass is 16.4. The highest BCUT2D eigenvalue weighted by Crippen LogP contribution is 2.21. The van der Waals surface area contributed by atoms with E-state index < -0.39 is 12.0 Å². The molecule has 0 aromatic carbocycles. The van der Waals surface area contributed by atoms with Gasteiger partial charge in [-0.1, -0.05) is 13.3 Å². The molecular weight excluding hydrogens is 270 g/mol. The van der Waals surface area contributed by atoms with E-state index in [0.717, 1.165) is 25.9 Å². The molecule has 1 saturated heterocycles. The summed E-state index contributed by atoms with van der Waals surface area (Å²) in [6.07, 6.45) is 5.01. The van der Waals surface area contributed by atoms with Gasteiger partial charge in [0.15, 0.2) is 0 Å². The van der Waals surface area contributed by atoms with Gasteiger partial charge in [-0.3, -0.25) is 4.79 Å². The van der Waals surface area contributed by atoms with Crippen molar-refractivity contribution < 1.29 is 14.7 Å². The molecule has 3 N–H and O–H groups in total. The molecular formula is C15H23N3O3. The summed E-state index contributed by atoms with van der Waals surface area (Å²) >= 11 is 0. The number of nitrogens with zero attached hydrogens (tertiary/aromatic N) is 1. The summed E-state index contributed by atoms with van der Waals surface area (Å²) in [5.41, 5.74) is 0.546. The van der Waals surface area contributed by atoms with Gasteiger partial charge in [0.2, 0.25) is 0 Å². The van der Waals surface area contributed by atoms with Crippen LogP contribution in [0.1, 0.15) is 49.1 Å². The molecule has 1 aliphatic heterocycles. The third-order valence-corrected chi connectivity index (χ3v) is 3.89. The summed E-state index contributed by atoms with van der Waals surface area (Å²) in [5.74, 6) is -1.29. The zero-order chi connectivity index (χ0) is 15.2. The van der Waals surface area contributed by atoms with Gasteiger partial charge in [0.05, 0.1) is 0 Å². The van der Waals surface area contributed by atoms with E-state index in [2.05, 4.69) is 10.6 Å². The van der Waals surface area contributed by atoms with Crippen LogP contribution in [0.3, 0.4) is 0 Å². The van der Waals surface area contributed by atoms with E-state index in [1.54, 1.807) is 6.07 Å². The Labute approximate surface area is 124 Å². The number of hydrogen-bond acceptors (Lipinski definition) is 3. The number of carboxylic acids is 1. The van der Waals surface area contributed by atoms with Gasteiger partial charge in [0.1, 0.15) is 11.7 Å². The fourth-order valence-electron chi connectivity index (χ4n) is 2.77. The molecule has 0 aliphatic carbocycles. The van der Waals surface area contributed by atoms with Crippen LogP contribution in [0.4, 0.5) is 0 Å². The van der Waals surface area contributed by atoms with Crippen molar-refractivity contribution in [1.82, 2.24) is 15.2 Å². The van der Waals surface area contributed by atoms with Gasteiger partial charge in [-0.2, -0.15) is 0 Å². The number of rotatable bonds is 6. The lowest BCUT2D eigenvalue weighted by molar-refractivity contribution is -0.139. The molecule has 0 radical (unpaired) electrons. The number of carboxylic acid groups (broad SMARTS) is 1. The van der Waals surface area contributed by atoms with E-state index >= 15 is 0 Å². The first-order valence-corrected chi connectivity index (χ1v) is 7.54. The fraction of sp³-hybridized carbons (Fsp3) is 0.600. The molecule has 1 amide bonds. The van der Waals surface area contributed by atoms with E-state index in [9.17, 15) is 9.59 Å². The molecule has 1 aromatic heterocycles. The minimum absolute atomic E-state index is 0.302. The lowest BCUT2D eigenvalue weighted by atomic mass is 10.1. The first-order valence-electron chi connectivity index (χ1n) is 7.54. The molecule has 6 nitrogen and oxygen atoms in total. The smallest absolute Gasteiger partial charge is 0.326 e. The highest BCUT2D eigenvalue weighted by molar-refractivity contribution is 5.95. The van der Waals surface area contributed by atoms with Crippen LogP contribution < -0.4 is 10.6 Å². The van der Waals surface area contributed by atoms with E-state index in [0.29, 0.717) is 24.6 Å². The van der Waals surface area contributed by atoms with Crippen molar-refractivity contribution in [3.8, 4) is 0 Å². The number of hydrogen-bond donors (Lipinski definition) is 3. The molecule has 0 spiro atoms. The maximum absolute atomic E-state index is 12.3. The molecule has 6 heteroatoms. The number of carbonyl (C=O) groups excluding carboxylic acids is 1. The third-order valence-electron chi connectivity index (χ3n) is 3.89. The van der Waals surface area contributed by atoms with E-state index in [-0.39, 0.29) is 5.91 Å². The van der Waals surface area contributed by atoms with Crippen LogP contribution in [0.25, 0.3) is 0 Å². The van der Waals surface area contributed by atoms with Gasteiger partial charge >= 0.3 is 5.97 Å². The minimum Gasteiger partial charge on any atom is -0.480 e. The van der Waals surface area contributed by atoms with E-state index in [1.165, 1.54) is 0 Å². The fourth-order valence-corrected chi connectivity index (χ4v) is 2.77. The van der Waals surface area contributed by atoms with Gasteiger partial charge in [-0.05, 0) is 44.5 Å². The van der Waals surface area contributed by atoms with Gasteiger partial charge in [-0.15, -0.1) is 0 Å². The largest absolute Gasteiger partial charge is 0.480 e. The Hall–Kier alpha value is -1.82. The molecule has 1 aliphatic rings. The molecule has 1 fully saturated rings. The second-order valence-electron chi connectivity index (χ2n) is 5.43. The van der Waals surface area contributed by atoms with Gasteiger partial charge in [0.25, 0.3) is 5.91 Å². The molecule has 0 bridgehead atoms. The normalized spacial score (nSPS) is 17.4. The average Bonchev–Trinajstić information content (AvgIpc) is 2.97. The lowest BCUT2D eigenvalue weighted by Gasteiger charge is -2.26. The number of aliphatic carboxylic acids is 1. The Balaban J connectivity index is 2.08. The summed E-state index contributed by atoms with van der Waals surface area (Å²) in [7, 11) is 0. The number of piperidine rings is 1. The first kappa shape index (κ1) is 15.6. The maximum atomic E-state index is 12.3. The van der Waals surface area contributed by atoms with Crippen LogP contribution >= 0.6 is 0 Å². The predicted molar refractivity (Wildman–Crippen MR) is 79.4 cm³/mol. The SMILES string of the molecule is CCC[C@H](NC(=O)c1cccn1C1CCNCC1)C(=O)O. The van der Waals surface area contributed by atoms with Crippen LogP contribution in [-0.2, 0) is 4.79 Å². The predicted octanol–water partition coefficient (Wildman–Crippen LogP) is 1.40. The van der Waals surface area contributed by atoms with Gasteiger partial charge in [0, 0.05) is 12.2 Å². The van der Waals surface area contributed by atoms with Crippen molar-refractivity contribution in [3.05, 3.63) is 24.0 Å². The standard InChI is InChI=1S/C15H23N3O3/c1-2-4-12(15(20)21)17-14(19)13-5-3-10-18(13)11-6-8-16-9-7-11/h3,5,10-12,16H,2,4,6-9H2,1H3,(H,17,19)(H,20,21)/t12-/m0/s1. The first-order chi connectivity index (χ1) is 10.1. The van der Waals surface area contributed by atoms with Crippen LogP contribution in [-0.4, -0.2) is 40.7 Å². The zero-order valence-electron chi connectivity index (χ0n) is 12.3. The molecule has 0 saturated carbocycles. The summed E-state index contributed by atoms with van der Waals surface area (Å²) in [6.45, 7) is 3.79. The second-order valence-corrected chi connectivity index (χ2v) is 5.43. The van der Waals surface area contributed by atoms with Crippen molar-refractivity contribution in [3.63, 3.8) is 0 Å². The Morgan fingerprint density at radius 1 is 1.48 bits per heavy atom. The number of amides is 1. The second kappa shape index (κ2) is 7.26. The van der Waals surface area contributed by atoms with Crippen molar-refractivity contribution in [1.29, 1.82) is 0 Å². The average molecular weight is 293 g/mol. The van der Waals surface area contributed by atoms with E-state index in [1.807, 2.05) is 23.8 Å². The molecule has 1 atom stereocenters. The summed E-state index contributed by atoms with van der Waals surface area (Å²) in [4.78, 5) is 23.5. The van der Waals surface area contributed by atoms with Crippen molar-refractivity contribution in [2.45, 2.75) is 44.7 Å². The Kier molecular flexibility index (Phi) is 5.38. The zero-order valence-corrected chi connectivity index (χ0v) is 12.3. The molecule has 0 unspecified atom stereocenters. The summed E-state index contributed by atoms with van der Waals surface area (Å²) in [6, 6.07) is 3.07. The van der Waals surface area contributed by atoms with Crippen LogP contribution in [0.15, 0.2) is 18.3 Å². The lowest BCUT2D eigenvalue weighted by Crippen LogP contribution is -2.41. The highest BCUT2D eigenvalue weighted by Gasteiger charge is 2.23. The van der Waals surface area contributed by atoms with Crippen LogP contribution in [0.2, 0.25) is 0 Å². The van der Waals surface area contributed by atoms with E-state index in [4.69, 9.17) is 5.11 Å². The van der Waals surface area contributed by atoms with Gasteiger partial charge in [-0.25, -0.2) is 4.79 Å². The number of nitrogens with one attached hydrogen (secondary N) is 2. The molecule has 116 valence electrons. The molecule has 21 heavy (non-hydrogen) atoms. The van der Waals surface area contributed by atoms with Crippen molar-refractivity contribution in [2.75, 3.05) is 13.1 Å². The number of aromatic nitrogens is 1. The van der Waals surface area contributed by atoms with Crippen molar-refractivity contribution >= 4 is 11.9 Å². The summed E-state index contributed by atoms with van der Waals surface area (Å²) in [5, 5.41) is 15.1. The molecule has 2 rings (SSSR count). The Bertz CT molecular complexity index is 492. The Morgan fingerprint density at radius 2 is 2.19 bits per heavy atom. The van der Waals surface area contributed by atoms with Crippen molar-refractivity contribution in [2.24, 2.45) is 0 Å². The Morgan fingerprint density at radius 3 is 2.81 bits per heavy atom. The quantitative estimate of drug-likeness (QED) is 0.740.